The highest BCUT2D eigenvalue weighted by Gasteiger charge is 2.31. The Hall–Kier alpha value is -2.54. The average Bonchev–Trinajstić information content (AvgIpc) is 2.59. The first-order chi connectivity index (χ1) is 11.9. The number of ether oxygens (including phenoxy) is 1. The third-order valence-electron chi connectivity index (χ3n) is 4.02. The molecule has 4 nitrogen and oxygen atoms in total. The molecule has 1 aliphatic heterocycles. The number of halogens is 3. The molecule has 3 rings (SSSR count). The van der Waals surface area contributed by atoms with E-state index in [9.17, 15) is 18.0 Å². The summed E-state index contributed by atoms with van der Waals surface area (Å²) in [5, 5.41) is 5.99. The summed E-state index contributed by atoms with van der Waals surface area (Å²) >= 11 is 0. The van der Waals surface area contributed by atoms with Gasteiger partial charge in [0.05, 0.1) is 6.04 Å². The van der Waals surface area contributed by atoms with Crippen LogP contribution in [-0.2, 0) is 24.3 Å². The third-order valence-corrected chi connectivity index (χ3v) is 4.02. The van der Waals surface area contributed by atoms with Gasteiger partial charge in [0.15, 0.2) is 0 Å². The largest absolute Gasteiger partial charge is 0.573 e. The van der Waals surface area contributed by atoms with E-state index in [1.807, 2.05) is 24.3 Å². The zero-order chi connectivity index (χ0) is 17.9. The first-order valence-electron chi connectivity index (χ1n) is 7.83. The highest BCUT2D eigenvalue weighted by atomic mass is 19.4. The van der Waals surface area contributed by atoms with Crippen molar-refractivity contribution < 1.29 is 22.7 Å². The van der Waals surface area contributed by atoms with Crippen LogP contribution in [0.25, 0.3) is 0 Å². The molecule has 0 saturated heterocycles. The Bertz CT molecular complexity index is 745. The van der Waals surface area contributed by atoms with Gasteiger partial charge in [0, 0.05) is 13.1 Å². The maximum Gasteiger partial charge on any atom is 0.573 e. The molecule has 2 aromatic carbocycles. The van der Waals surface area contributed by atoms with Crippen molar-refractivity contribution in [3.05, 3.63) is 65.2 Å². The van der Waals surface area contributed by atoms with E-state index in [-0.39, 0.29) is 24.2 Å². The molecule has 1 heterocycles. The van der Waals surface area contributed by atoms with E-state index < -0.39 is 6.36 Å². The molecule has 0 saturated carbocycles. The summed E-state index contributed by atoms with van der Waals surface area (Å²) in [5.74, 6) is -0.418. The lowest BCUT2D eigenvalue weighted by Crippen LogP contribution is -2.47. The van der Waals surface area contributed by atoms with Gasteiger partial charge in [-0.3, -0.25) is 4.79 Å². The minimum Gasteiger partial charge on any atom is -0.406 e. The Morgan fingerprint density at radius 1 is 1.12 bits per heavy atom. The summed E-state index contributed by atoms with van der Waals surface area (Å²) < 4.78 is 40.2. The van der Waals surface area contributed by atoms with Gasteiger partial charge in [-0.15, -0.1) is 13.2 Å². The highest BCUT2D eigenvalue weighted by molar-refractivity contribution is 5.82. The number of carbonyl (C=O) groups is 1. The predicted molar refractivity (Wildman–Crippen MR) is 85.7 cm³/mol. The Labute approximate surface area is 143 Å². The second kappa shape index (κ2) is 7.14. The van der Waals surface area contributed by atoms with Gasteiger partial charge in [0.25, 0.3) is 0 Å². The number of hydrogen-bond donors (Lipinski definition) is 2. The summed E-state index contributed by atoms with van der Waals surface area (Å²) in [7, 11) is 0. The number of fused-ring (bicyclic) bond motifs is 1. The maximum atomic E-state index is 12.3. The second-order valence-corrected chi connectivity index (χ2v) is 5.82. The van der Waals surface area contributed by atoms with Crippen LogP contribution < -0.4 is 15.4 Å². The van der Waals surface area contributed by atoms with Crippen LogP contribution in [0.4, 0.5) is 13.2 Å². The van der Waals surface area contributed by atoms with Crippen molar-refractivity contribution in [2.75, 3.05) is 0 Å². The van der Waals surface area contributed by atoms with E-state index in [0.29, 0.717) is 18.5 Å². The Kier molecular flexibility index (Phi) is 4.94. The Morgan fingerprint density at radius 2 is 1.80 bits per heavy atom. The molecule has 0 radical (unpaired) electrons. The third kappa shape index (κ3) is 4.73. The number of rotatable bonds is 4. The molecule has 0 bridgehead atoms. The average molecular weight is 350 g/mol. The number of benzene rings is 2. The predicted octanol–water partition coefficient (Wildman–Crippen LogP) is 2.92. The minimum absolute atomic E-state index is 0.134. The van der Waals surface area contributed by atoms with Crippen LogP contribution in [0.3, 0.4) is 0 Å². The fraction of sp³-hybridized carbons (Fsp3) is 0.278. The van der Waals surface area contributed by atoms with Gasteiger partial charge in [-0.05, 0) is 35.2 Å². The molecular formula is C18H17F3N2O2. The molecule has 25 heavy (non-hydrogen) atoms. The topological polar surface area (TPSA) is 50.4 Å². The number of carbonyl (C=O) groups excluding carboxylic acids is 1. The molecule has 0 aliphatic carbocycles. The molecule has 0 fully saturated rings. The molecule has 1 atom stereocenters. The lowest BCUT2D eigenvalue weighted by molar-refractivity contribution is -0.274. The molecule has 1 aliphatic rings. The molecule has 1 amide bonds. The lowest BCUT2D eigenvalue weighted by Gasteiger charge is -2.25. The van der Waals surface area contributed by atoms with Crippen LogP contribution in [0.5, 0.6) is 5.75 Å². The van der Waals surface area contributed by atoms with Crippen LogP contribution in [0.1, 0.15) is 16.7 Å². The van der Waals surface area contributed by atoms with Crippen molar-refractivity contribution in [3.63, 3.8) is 0 Å². The van der Waals surface area contributed by atoms with Crippen molar-refractivity contribution >= 4 is 5.91 Å². The van der Waals surface area contributed by atoms with Crippen molar-refractivity contribution in [2.45, 2.75) is 31.9 Å². The monoisotopic (exact) mass is 350 g/mol. The van der Waals surface area contributed by atoms with Gasteiger partial charge in [0.2, 0.25) is 5.91 Å². The van der Waals surface area contributed by atoms with Crippen LogP contribution in [-0.4, -0.2) is 18.3 Å². The van der Waals surface area contributed by atoms with Crippen molar-refractivity contribution in [1.82, 2.24) is 10.6 Å². The van der Waals surface area contributed by atoms with E-state index in [2.05, 4.69) is 15.4 Å². The summed E-state index contributed by atoms with van der Waals surface area (Å²) in [6, 6.07) is 13.1. The van der Waals surface area contributed by atoms with E-state index in [1.165, 1.54) is 29.8 Å². The van der Waals surface area contributed by atoms with Crippen LogP contribution >= 0.6 is 0 Å². The summed E-state index contributed by atoms with van der Waals surface area (Å²) in [6.07, 6.45) is -4.10. The summed E-state index contributed by atoms with van der Waals surface area (Å²) in [6.45, 7) is 0.878. The smallest absolute Gasteiger partial charge is 0.406 e. The van der Waals surface area contributed by atoms with Gasteiger partial charge in [-0.2, -0.15) is 0 Å². The summed E-state index contributed by atoms with van der Waals surface area (Å²) in [4.78, 5) is 12.3. The van der Waals surface area contributed by atoms with Gasteiger partial charge >= 0.3 is 6.36 Å². The van der Waals surface area contributed by atoms with Gasteiger partial charge < -0.3 is 15.4 Å². The zero-order valence-electron chi connectivity index (χ0n) is 13.3. The van der Waals surface area contributed by atoms with Gasteiger partial charge in [-0.1, -0.05) is 36.4 Å². The van der Waals surface area contributed by atoms with Crippen molar-refractivity contribution in [3.8, 4) is 5.75 Å². The fourth-order valence-corrected chi connectivity index (χ4v) is 2.76. The van der Waals surface area contributed by atoms with Gasteiger partial charge in [-0.25, -0.2) is 0 Å². The number of alkyl halides is 3. The van der Waals surface area contributed by atoms with Crippen LogP contribution in [0.15, 0.2) is 48.5 Å². The lowest BCUT2D eigenvalue weighted by atomic mass is 9.95. The van der Waals surface area contributed by atoms with Crippen LogP contribution in [0, 0.1) is 0 Å². The highest BCUT2D eigenvalue weighted by Crippen LogP contribution is 2.22. The fourth-order valence-electron chi connectivity index (χ4n) is 2.76. The standard InChI is InChI=1S/C18H17F3N2O2/c19-18(20,21)25-15-7-5-12(6-8-15)10-23-17(24)16-9-13-3-1-2-4-14(13)11-22-16/h1-8,16,22H,9-11H2,(H,23,24). The first kappa shape index (κ1) is 17.3. The molecule has 2 aromatic rings. The molecule has 1 unspecified atom stereocenters. The normalized spacial score (nSPS) is 16.8. The van der Waals surface area contributed by atoms with Gasteiger partial charge in [0.1, 0.15) is 5.75 Å². The van der Waals surface area contributed by atoms with E-state index in [1.54, 1.807) is 0 Å². The Balaban J connectivity index is 1.53. The molecule has 0 spiro atoms. The van der Waals surface area contributed by atoms with Crippen molar-refractivity contribution in [2.24, 2.45) is 0 Å². The molecular weight excluding hydrogens is 333 g/mol. The SMILES string of the molecule is O=C(NCc1ccc(OC(F)(F)F)cc1)C1Cc2ccccc2CN1. The number of amides is 1. The van der Waals surface area contributed by atoms with Crippen molar-refractivity contribution in [1.29, 1.82) is 0 Å². The molecule has 7 heteroatoms. The quantitative estimate of drug-likeness (QED) is 0.892. The molecule has 0 aromatic heterocycles. The number of hydrogen-bond acceptors (Lipinski definition) is 3. The summed E-state index contributed by atoms with van der Waals surface area (Å²) in [5.41, 5.74) is 3.03. The van der Waals surface area contributed by atoms with Crippen LogP contribution in [0.2, 0.25) is 0 Å². The van der Waals surface area contributed by atoms with E-state index in [4.69, 9.17) is 0 Å². The molecule has 2 N–H and O–H groups in total. The second-order valence-electron chi connectivity index (χ2n) is 5.82. The first-order valence-corrected chi connectivity index (χ1v) is 7.83. The molecule has 132 valence electrons. The number of nitrogens with one attached hydrogen (secondary N) is 2. The minimum atomic E-state index is -4.71. The zero-order valence-corrected chi connectivity index (χ0v) is 13.3. The van der Waals surface area contributed by atoms with E-state index >= 15 is 0 Å². The van der Waals surface area contributed by atoms with E-state index in [0.717, 1.165) is 5.56 Å². The maximum absolute atomic E-state index is 12.3. The Morgan fingerprint density at radius 3 is 2.48 bits per heavy atom.